The lowest BCUT2D eigenvalue weighted by Gasteiger charge is -2.20. The topological polar surface area (TPSA) is 162 Å². The number of hydrogen-bond acceptors (Lipinski definition) is 11. The molecule has 1 aliphatic heterocycles. The molecule has 0 fully saturated rings. The number of fused-ring (bicyclic) bond motifs is 1. The molecule has 0 unspecified atom stereocenters. The molecule has 0 saturated heterocycles. The fourth-order valence-corrected chi connectivity index (χ4v) is 4.95. The number of methoxy groups -OCH3 is 1. The highest BCUT2D eigenvalue weighted by Gasteiger charge is 2.25. The van der Waals surface area contributed by atoms with Gasteiger partial charge >= 0.3 is 5.97 Å². The summed E-state index contributed by atoms with van der Waals surface area (Å²) in [5.74, 6) is 0.939. The third-order valence-corrected chi connectivity index (χ3v) is 6.94. The summed E-state index contributed by atoms with van der Waals surface area (Å²) in [4.78, 5) is 29.7. The smallest absolute Gasteiger partial charge is 0.338 e. The Kier molecular flexibility index (Phi) is 11.9. The molecule has 0 aliphatic carbocycles. The number of benzene rings is 1. The fraction of sp³-hybridized carbons (Fsp3) is 0.522. The van der Waals surface area contributed by atoms with E-state index < -0.39 is 18.1 Å². The average Bonchev–Trinajstić information content (AvgIpc) is 3.31. The second kappa shape index (κ2) is 14.4. The van der Waals surface area contributed by atoms with E-state index in [2.05, 4.69) is 20.8 Å². The molecule has 0 saturated carbocycles. The molecule has 5 N–H and O–H groups in total. The van der Waals surface area contributed by atoms with Crippen molar-refractivity contribution in [3.63, 3.8) is 0 Å². The second-order valence-electron chi connectivity index (χ2n) is 8.36. The van der Waals surface area contributed by atoms with E-state index >= 15 is 0 Å². The van der Waals surface area contributed by atoms with Crippen LogP contribution in [0.4, 0.5) is 0 Å². The van der Waals surface area contributed by atoms with E-state index in [9.17, 15) is 14.7 Å². The number of hydrogen-bond donors (Lipinski definition) is 4. The number of halogens is 1. The number of ether oxygens (including phenoxy) is 2. The molecule has 37 heavy (non-hydrogen) atoms. The molecule has 2 aromatic rings. The first-order chi connectivity index (χ1) is 17.2. The lowest BCUT2D eigenvalue weighted by Crippen LogP contribution is -2.38. The van der Waals surface area contributed by atoms with Gasteiger partial charge < -0.3 is 35.5 Å². The highest BCUT2D eigenvalue weighted by molar-refractivity contribution is 7.98. The predicted octanol–water partition coefficient (Wildman–Crippen LogP) is 2.71. The van der Waals surface area contributed by atoms with Crippen LogP contribution >= 0.6 is 36.4 Å². The maximum Gasteiger partial charge on any atom is 0.338 e. The lowest BCUT2D eigenvalue weighted by molar-refractivity contribution is -0.122. The van der Waals surface area contributed by atoms with Gasteiger partial charge in [0.1, 0.15) is 17.5 Å². The molecular weight excluding hydrogens is 542 g/mol. The average molecular weight is 574 g/mol. The number of aromatic hydroxyl groups is 1. The van der Waals surface area contributed by atoms with Crippen molar-refractivity contribution >= 4 is 53.3 Å². The van der Waals surface area contributed by atoms with Crippen LogP contribution in [0.15, 0.2) is 10.6 Å². The van der Waals surface area contributed by atoms with Gasteiger partial charge in [0.05, 0.1) is 36.9 Å². The number of thioether (sulfide) groups is 1. The second-order valence-corrected chi connectivity index (χ2v) is 9.88. The number of phenolic OH excluding ortho intramolecular Hbond substituents is 1. The first-order valence-electron chi connectivity index (χ1n) is 11.5. The van der Waals surface area contributed by atoms with E-state index in [1.165, 1.54) is 24.9 Å². The molecule has 1 aromatic carbocycles. The minimum atomic E-state index is -0.647. The van der Waals surface area contributed by atoms with Crippen LogP contribution in [0.5, 0.6) is 11.5 Å². The fourth-order valence-electron chi connectivity index (χ4n) is 3.58. The molecular formula is C23H32ClN5O6S2. The van der Waals surface area contributed by atoms with E-state index in [0.29, 0.717) is 69.9 Å². The maximum atomic E-state index is 12.9. The number of carbonyl (C=O) groups excluding carboxylic acids is 2. The number of rotatable bonds is 5. The van der Waals surface area contributed by atoms with E-state index in [0.717, 1.165) is 0 Å². The van der Waals surface area contributed by atoms with Crippen molar-refractivity contribution in [3.8, 4) is 11.5 Å². The number of phenols is 1. The lowest BCUT2D eigenvalue weighted by atomic mass is 10.0. The molecule has 2 heterocycles. The van der Waals surface area contributed by atoms with Crippen molar-refractivity contribution < 1.29 is 28.7 Å². The number of nitrogens with zero attached hydrogens (tertiary/aromatic N) is 2. The van der Waals surface area contributed by atoms with Gasteiger partial charge in [-0.15, -0.1) is 12.4 Å². The Bertz CT molecular complexity index is 1110. The number of aromatic nitrogens is 2. The van der Waals surface area contributed by atoms with Gasteiger partial charge in [-0.05, 0) is 33.1 Å². The largest absolute Gasteiger partial charge is 0.507 e. The number of thiocarbonyl (C=S) groups is 1. The molecule has 0 spiro atoms. The van der Waals surface area contributed by atoms with Gasteiger partial charge in [-0.3, -0.25) is 4.79 Å². The zero-order valence-corrected chi connectivity index (χ0v) is 23.3. The van der Waals surface area contributed by atoms with Crippen LogP contribution in [-0.2, 0) is 21.8 Å². The Morgan fingerprint density at radius 3 is 2.92 bits per heavy atom. The highest BCUT2D eigenvalue weighted by Crippen LogP contribution is 2.36. The number of amides is 1. The number of cyclic esters (lactones) is 1. The Balaban J connectivity index is 0.00000481. The molecule has 3 rings (SSSR count). The van der Waals surface area contributed by atoms with Crippen molar-refractivity contribution in [2.75, 3.05) is 19.5 Å². The van der Waals surface area contributed by atoms with Crippen LogP contribution in [0.3, 0.4) is 0 Å². The van der Waals surface area contributed by atoms with Gasteiger partial charge in [0.2, 0.25) is 11.8 Å². The summed E-state index contributed by atoms with van der Waals surface area (Å²) in [6, 6.07) is 0.441. The minimum absolute atomic E-state index is 0. The first-order valence-corrected chi connectivity index (χ1v) is 13.1. The molecule has 1 amide bonds. The molecule has 14 heteroatoms. The monoisotopic (exact) mass is 573 g/mol. The van der Waals surface area contributed by atoms with E-state index in [-0.39, 0.29) is 37.2 Å². The van der Waals surface area contributed by atoms with Crippen molar-refractivity contribution in [1.29, 1.82) is 0 Å². The van der Waals surface area contributed by atoms with Gasteiger partial charge in [0.25, 0.3) is 0 Å². The molecule has 11 nitrogen and oxygen atoms in total. The van der Waals surface area contributed by atoms with Crippen molar-refractivity contribution in [3.05, 3.63) is 34.5 Å². The summed E-state index contributed by atoms with van der Waals surface area (Å²) in [5, 5.41) is 20.5. The summed E-state index contributed by atoms with van der Waals surface area (Å²) < 4.78 is 16.3. The SMILES string of the molecule is COc1cc(O)c2c(c1C)C(=O)OCCCCC(=S)N[C@H](c1nc(CNC(=O)[C@H](C)N)no1)CSC2.Cl. The van der Waals surface area contributed by atoms with Crippen molar-refractivity contribution in [2.24, 2.45) is 5.73 Å². The summed E-state index contributed by atoms with van der Waals surface area (Å²) in [6.07, 6.45) is 1.94. The third-order valence-electron chi connectivity index (χ3n) is 5.56. The molecule has 1 aliphatic rings. The van der Waals surface area contributed by atoms with Crippen LogP contribution in [0.1, 0.15) is 65.4 Å². The molecule has 0 bridgehead atoms. The van der Waals surface area contributed by atoms with Gasteiger partial charge in [-0.1, -0.05) is 17.4 Å². The van der Waals surface area contributed by atoms with Gasteiger partial charge in [0, 0.05) is 28.7 Å². The first kappa shape index (κ1) is 30.6. The Hall–Kier alpha value is -2.61. The van der Waals surface area contributed by atoms with Crippen LogP contribution in [-0.4, -0.2) is 57.6 Å². The molecule has 2 atom stereocenters. The standard InChI is InChI=1S/C23H31N5O6S2.ClH/c1-12-17(32-3)8-16(29)14-10-36-11-15(22-27-18(28-34-22)9-25-21(30)13(2)24)26-19(35)6-4-5-7-33-23(31)20(12)14;/h8,13,15,29H,4-7,9-11,24H2,1-3H3,(H,25,30)(H,26,35);1H/t13-,15-;/m0./s1. The Labute approximate surface area is 231 Å². The summed E-state index contributed by atoms with van der Waals surface area (Å²) in [7, 11) is 1.48. The van der Waals surface area contributed by atoms with Crippen LogP contribution < -0.4 is 21.1 Å². The van der Waals surface area contributed by atoms with Crippen molar-refractivity contribution in [1.82, 2.24) is 20.8 Å². The summed E-state index contributed by atoms with van der Waals surface area (Å²) in [5.41, 5.74) is 6.94. The number of nitrogens with one attached hydrogen (secondary N) is 2. The maximum absolute atomic E-state index is 12.9. The van der Waals surface area contributed by atoms with Gasteiger partial charge in [-0.2, -0.15) is 16.7 Å². The predicted molar refractivity (Wildman–Crippen MR) is 145 cm³/mol. The van der Waals surface area contributed by atoms with Crippen LogP contribution in [0.2, 0.25) is 0 Å². The summed E-state index contributed by atoms with van der Waals surface area (Å²) >= 11 is 6.95. The normalized spacial score (nSPS) is 17.8. The minimum Gasteiger partial charge on any atom is -0.507 e. The summed E-state index contributed by atoms with van der Waals surface area (Å²) in [6.45, 7) is 3.66. The van der Waals surface area contributed by atoms with Crippen molar-refractivity contribution in [2.45, 2.75) is 57.5 Å². The van der Waals surface area contributed by atoms with Gasteiger partial charge in [0.15, 0.2) is 5.82 Å². The Morgan fingerprint density at radius 2 is 2.22 bits per heavy atom. The number of esters is 1. The van der Waals surface area contributed by atoms with Gasteiger partial charge in [-0.25, -0.2) is 4.79 Å². The molecule has 204 valence electrons. The van der Waals surface area contributed by atoms with E-state index in [1.54, 1.807) is 13.8 Å². The van der Waals surface area contributed by atoms with Crippen LogP contribution in [0, 0.1) is 6.92 Å². The van der Waals surface area contributed by atoms with Crippen LogP contribution in [0.25, 0.3) is 0 Å². The quantitative estimate of drug-likeness (QED) is 0.306. The van der Waals surface area contributed by atoms with E-state index in [1.807, 2.05) is 0 Å². The highest BCUT2D eigenvalue weighted by atomic mass is 35.5. The number of nitrogens with two attached hydrogens (primary N) is 1. The third kappa shape index (κ3) is 8.19. The van der Waals surface area contributed by atoms with E-state index in [4.69, 9.17) is 31.9 Å². The zero-order valence-electron chi connectivity index (χ0n) is 20.9. The zero-order chi connectivity index (χ0) is 26.2. The number of carbonyl (C=O) groups is 2. The molecule has 1 aromatic heterocycles. The molecule has 0 radical (unpaired) electrons. The Morgan fingerprint density at radius 1 is 1.46 bits per heavy atom.